The lowest BCUT2D eigenvalue weighted by molar-refractivity contribution is -0.121. The van der Waals surface area contributed by atoms with Crippen molar-refractivity contribution in [3.8, 4) is 0 Å². The highest BCUT2D eigenvalue weighted by atomic mass is 32.2. The monoisotopic (exact) mass is 301 g/mol. The average molecular weight is 301 g/mol. The summed E-state index contributed by atoms with van der Waals surface area (Å²) in [5.74, 6) is 0.700. The fraction of sp³-hybridized carbons (Fsp3) is 0.235. The second kappa shape index (κ2) is 8.49. The Labute approximate surface area is 129 Å². The minimum absolute atomic E-state index is 0.0339. The van der Waals surface area contributed by atoms with E-state index in [0.29, 0.717) is 6.42 Å². The summed E-state index contributed by atoms with van der Waals surface area (Å²) < 4.78 is 0. The summed E-state index contributed by atoms with van der Waals surface area (Å²) >= 11 is 1.66. The van der Waals surface area contributed by atoms with Gasteiger partial charge in [0, 0.05) is 23.6 Å². The Morgan fingerprint density at radius 3 is 2.33 bits per heavy atom. The minimum Gasteiger partial charge on any atom is -0.387 e. The summed E-state index contributed by atoms with van der Waals surface area (Å²) in [7, 11) is 0. The van der Waals surface area contributed by atoms with Gasteiger partial charge in [-0.05, 0) is 17.7 Å². The van der Waals surface area contributed by atoms with Gasteiger partial charge < -0.3 is 10.4 Å². The maximum atomic E-state index is 11.7. The summed E-state index contributed by atoms with van der Waals surface area (Å²) in [6, 6.07) is 19.3. The number of aliphatic hydroxyl groups excluding tert-OH is 1. The highest BCUT2D eigenvalue weighted by Gasteiger charge is 2.08. The van der Waals surface area contributed by atoms with Crippen LogP contribution in [-0.4, -0.2) is 23.3 Å². The molecule has 1 unspecified atom stereocenters. The van der Waals surface area contributed by atoms with Gasteiger partial charge in [0.15, 0.2) is 0 Å². The number of aliphatic hydroxyl groups is 1. The first-order chi connectivity index (χ1) is 10.3. The molecule has 0 fully saturated rings. The van der Waals surface area contributed by atoms with Crippen LogP contribution in [0.25, 0.3) is 0 Å². The smallest absolute Gasteiger partial charge is 0.220 e. The molecule has 2 N–H and O–H groups in total. The van der Waals surface area contributed by atoms with Crippen LogP contribution >= 0.6 is 11.8 Å². The summed E-state index contributed by atoms with van der Waals surface area (Å²) in [5.41, 5.74) is 0.816. The van der Waals surface area contributed by atoms with Crippen molar-refractivity contribution >= 4 is 17.7 Å². The number of amides is 1. The Kier molecular flexibility index (Phi) is 6.31. The molecule has 110 valence electrons. The van der Waals surface area contributed by atoms with Crippen molar-refractivity contribution in [3.05, 3.63) is 66.2 Å². The Bertz CT molecular complexity index is 545. The predicted octanol–water partition coefficient (Wildman–Crippen LogP) is 3.02. The van der Waals surface area contributed by atoms with Crippen molar-refractivity contribution in [1.29, 1.82) is 0 Å². The van der Waals surface area contributed by atoms with E-state index in [-0.39, 0.29) is 12.5 Å². The van der Waals surface area contributed by atoms with Gasteiger partial charge in [-0.15, -0.1) is 11.8 Å². The van der Waals surface area contributed by atoms with Gasteiger partial charge in [-0.1, -0.05) is 48.5 Å². The van der Waals surface area contributed by atoms with Gasteiger partial charge in [0.1, 0.15) is 0 Å². The van der Waals surface area contributed by atoms with Crippen LogP contribution in [0, 0.1) is 0 Å². The van der Waals surface area contributed by atoms with Crippen molar-refractivity contribution in [1.82, 2.24) is 5.32 Å². The number of hydrogen-bond donors (Lipinski definition) is 2. The molecule has 1 amide bonds. The molecule has 1 atom stereocenters. The molecule has 0 aromatic heterocycles. The van der Waals surface area contributed by atoms with E-state index in [9.17, 15) is 9.90 Å². The molecule has 0 bridgehead atoms. The van der Waals surface area contributed by atoms with Crippen LogP contribution in [-0.2, 0) is 4.79 Å². The standard InChI is InChI=1S/C17H19NO2S/c19-16(14-7-3-1-4-8-14)13-18-17(20)11-12-21-15-9-5-2-6-10-15/h1-10,16,19H,11-13H2,(H,18,20). The normalized spacial score (nSPS) is 11.9. The first-order valence-corrected chi connectivity index (χ1v) is 7.92. The van der Waals surface area contributed by atoms with E-state index in [4.69, 9.17) is 0 Å². The molecule has 2 aromatic carbocycles. The SMILES string of the molecule is O=C(CCSc1ccccc1)NCC(O)c1ccccc1. The zero-order valence-electron chi connectivity index (χ0n) is 11.7. The fourth-order valence-electron chi connectivity index (χ4n) is 1.87. The minimum atomic E-state index is -0.656. The number of nitrogens with one attached hydrogen (secondary N) is 1. The third kappa shape index (κ3) is 5.61. The van der Waals surface area contributed by atoms with Gasteiger partial charge >= 0.3 is 0 Å². The van der Waals surface area contributed by atoms with Crippen molar-refractivity contribution in [3.63, 3.8) is 0 Å². The molecule has 0 heterocycles. The largest absolute Gasteiger partial charge is 0.387 e. The number of hydrogen-bond acceptors (Lipinski definition) is 3. The highest BCUT2D eigenvalue weighted by molar-refractivity contribution is 7.99. The molecule has 0 radical (unpaired) electrons. The lowest BCUT2D eigenvalue weighted by Gasteiger charge is -2.12. The molecule has 3 nitrogen and oxygen atoms in total. The molecule has 0 saturated carbocycles. The first kappa shape index (κ1) is 15.6. The van der Waals surface area contributed by atoms with Gasteiger partial charge in [0.25, 0.3) is 0 Å². The lowest BCUT2D eigenvalue weighted by atomic mass is 10.1. The molecule has 0 spiro atoms. The summed E-state index contributed by atoms with van der Waals surface area (Å²) in [5, 5.41) is 12.7. The maximum absolute atomic E-state index is 11.7. The number of rotatable bonds is 7. The van der Waals surface area contributed by atoms with Crippen LogP contribution in [0.4, 0.5) is 0 Å². The van der Waals surface area contributed by atoms with Gasteiger partial charge in [0.2, 0.25) is 5.91 Å². The molecule has 4 heteroatoms. The van der Waals surface area contributed by atoms with E-state index in [1.54, 1.807) is 11.8 Å². The molecule has 2 aromatic rings. The predicted molar refractivity (Wildman–Crippen MR) is 86.2 cm³/mol. The fourth-order valence-corrected chi connectivity index (χ4v) is 2.74. The maximum Gasteiger partial charge on any atom is 0.220 e. The second-order valence-electron chi connectivity index (χ2n) is 4.64. The van der Waals surface area contributed by atoms with Gasteiger partial charge in [0.05, 0.1) is 6.10 Å². The second-order valence-corrected chi connectivity index (χ2v) is 5.81. The highest BCUT2D eigenvalue weighted by Crippen LogP contribution is 2.17. The summed E-state index contributed by atoms with van der Waals surface area (Å²) in [6.07, 6.45) is -0.210. The summed E-state index contributed by atoms with van der Waals surface area (Å²) in [4.78, 5) is 12.9. The molecule has 0 aliphatic carbocycles. The van der Waals surface area contributed by atoms with E-state index in [0.717, 1.165) is 16.2 Å². The Morgan fingerprint density at radius 1 is 1.05 bits per heavy atom. The number of thioether (sulfide) groups is 1. The van der Waals surface area contributed by atoms with Crippen molar-refractivity contribution in [2.45, 2.75) is 17.4 Å². The van der Waals surface area contributed by atoms with Crippen molar-refractivity contribution in [2.24, 2.45) is 0 Å². The van der Waals surface area contributed by atoms with E-state index >= 15 is 0 Å². The third-order valence-electron chi connectivity index (χ3n) is 3.02. The van der Waals surface area contributed by atoms with Gasteiger partial charge in [-0.3, -0.25) is 4.79 Å². The zero-order valence-corrected chi connectivity index (χ0v) is 12.6. The van der Waals surface area contributed by atoms with Crippen LogP contribution in [0.2, 0.25) is 0 Å². The first-order valence-electron chi connectivity index (χ1n) is 6.93. The topological polar surface area (TPSA) is 49.3 Å². The zero-order chi connectivity index (χ0) is 14.9. The van der Waals surface area contributed by atoms with Crippen molar-refractivity contribution in [2.75, 3.05) is 12.3 Å². The number of carbonyl (C=O) groups excluding carboxylic acids is 1. The quantitative estimate of drug-likeness (QED) is 0.773. The Balaban J connectivity index is 1.66. The van der Waals surface area contributed by atoms with Crippen LogP contribution in [0.1, 0.15) is 18.1 Å². The number of benzene rings is 2. The molecule has 0 saturated heterocycles. The molecule has 21 heavy (non-hydrogen) atoms. The third-order valence-corrected chi connectivity index (χ3v) is 4.03. The van der Waals surface area contributed by atoms with E-state index in [1.807, 2.05) is 60.7 Å². The number of carbonyl (C=O) groups is 1. The van der Waals surface area contributed by atoms with E-state index < -0.39 is 6.10 Å². The van der Waals surface area contributed by atoms with Crippen LogP contribution in [0.5, 0.6) is 0 Å². The van der Waals surface area contributed by atoms with E-state index in [1.165, 1.54) is 0 Å². The summed E-state index contributed by atoms with van der Waals surface area (Å²) in [6.45, 7) is 0.249. The molecular formula is C17H19NO2S. The van der Waals surface area contributed by atoms with Gasteiger partial charge in [-0.2, -0.15) is 0 Å². The van der Waals surface area contributed by atoms with Crippen LogP contribution in [0.3, 0.4) is 0 Å². The Hall–Kier alpha value is -1.78. The molecule has 2 rings (SSSR count). The van der Waals surface area contributed by atoms with E-state index in [2.05, 4.69) is 5.32 Å². The lowest BCUT2D eigenvalue weighted by Crippen LogP contribution is -2.28. The molecule has 0 aliphatic heterocycles. The Morgan fingerprint density at radius 2 is 1.67 bits per heavy atom. The average Bonchev–Trinajstić information content (AvgIpc) is 2.54. The van der Waals surface area contributed by atoms with Gasteiger partial charge in [-0.25, -0.2) is 0 Å². The van der Waals surface area contributed by atoms with Crippen LogP contribution < -0.4 is 5.32 Å². The van der Waals surface area contributed by atoms with Crippen molar-refractivity contribution < 1.29 is 9.90 Å². The molecular weight excluding hydrogens is 282 g/mol. The van der Waals surface area contributed by atoms with Crippen LogP contribution in [0.15, 0.2) is 65.6 Å². The molecule has 0 aliphatic rings.